The molecule has 2 heterocycles. The Balaban J connectivity index is 2.58. The molecule has 2 aromatic heterocycles. The second-order valence-corrected chi connectivity index (χ2v) is 3.08. The average molecular weight is 189 g/mol. The minimum absolute atomic E-state index is 0.288. The van der Waals surface area contributed by atoms with Crippen molar-refractivity contribution < 1.29 is 0 Å². The third-order valence-corrected chi connectivity index (χ3v) is 2.03. The van der Waals surface area contributed by atoms with Crippen LogP contribution in [0.1, 0.15) is 11.4 Å². The minimum Gasteiger partial charge on any atom is -0.368 e. The van der Waals surface area contributed by atoms with Gasteiger partial charge in [-0.25, -0.2) is 14.6 Å². The Morgan fingerprint density at radius 1 is 1.36 bits per heavy atom. The van der Waals surface area contributed by atoms with Gasteiger partial charge in [-0.15, -0.1) is 0 Å². The molecule has 0 aliphatic heterocycles. The third-order valence-electron chi connectivity index (χ3n) is 2.03. The molecule has 0 saturated carbocycles. The Kier molecular flexibility index (Phi) is 1.92. The van der Waals surface area contributed by atoms with E-state index in [1.54, 1.807) is 17.1 Å². The van der Waals surface area contributed by atoms with Gasteiger partial charge in [0.05, 0.1) is 11.9 Å². The summed E-state index contributed by atoms with van der Waals surface area (Å²) in [6, 6.07) is 1.93. The Hall–Kier alpha value is -1.91. The van der Waals surface area contributed by atoms with Crippen molar-refractivity contribution >= 4 is 5.95 Å². The van der Waals surface area contributed by atoms with Gasteiger partial charge in [-0.3, -0.25) is 0 Å². The fourth-order valence-electron chi connectivity index (χ4n) is 1.31. The number of nitrogen functional groups attached to an aromatic ring is 1. The predicted octanol–water partition coefficient (Wildman–Crippen LogP) is 0.861. The molecule has 0 aliphatic rings. The molecule has 2 rings (SSSR count). The molecule has 14 heavy (non-hydrogen) atoms. The number of aromatic nitrogens is 4. The van der Waals surface area contributed by atoms with Crippen LogP contribution in [-0.2, 0) is 0 Å². The number of hydrogen-bond donors (Lipinski definition) is 1. The highest BCUT2D eigenvalue weighted by Gasteiger charge is 2.05. The highest BCUT2D eigenvalue weighted by Crippen LogP contribution is 2.12. The van der Waals surface area contributed by atoms with Crippen LogP contribution < -0.4 is 5.73 Å². The summed E-state index contributed by atoms with van der Waals surface area (Å²) < 4.78 is 1.79. The Labute approximate surface area is 81.6 Å². The first-order chi connectivity index (χ1) is 6.68. The molecular weight excluding hydrogens is 178 g/mol. The average Bonchev–Trinajstić information content (AvgIpc) is 2.52. The number of nitrogens with zero attached hydrogens (tertiary/aromatic N) is 4. The van der Waals surface area contributed by atoms with Crippen molar-refractivity contribution in [3.8, 4) is 5.69 Å². The molecule has 0 unspecified atom stereocenters. The molecule has 0 aliphatic carbocycles. The first-order valence-corrected chi connectivity index (χ1v) is 4.28. The van der Waals surface area contributed by atoms with Crippen molar-refractivity contribution in [1.82, 2.24) is 19.7 Å². The normalized spacial score (nSPS) is 10.4. The highest BCUT2D eigenvalue weighted by molar-refractivity contribution is 5.37. The number of anilines is 1. The molecular formula is C9H11N5. The zero-order chi connectivity index (χ0) is 10.1. The van der Waals surface area contributed by atoms with Gasteiger partial charge in [0.15, 0.2) is 0 Å². The summed E-state index contributed by atoms with van der Waals surface area (Å²) >= 11 is 0. The molecule has 2 N–H and O–H groups in total. The molecule has 0 radical (unpaired) electrons. The van der Waals surface area contributed by atoms with Gasteiger partial charge in [0.1, 0.15) is 5.69 Å². The zero-order valence-electron chi connectivity index (χ0n) is 8.10. The van der Waals surface area contributed by atoms with Crippen LogP contribution >= 0.6 is 0 Å². The second kappa shape index (κ2) is 3.10. The van der Waals surface area contributed by atoms with Crippen LogP contribution in [0.3, 0.4) is 0 Å². The summed E-state index contributed by atoms with van der Waals surface area (Å²) in [6.45, 7) is 3.86. The lowest BCUT2D eigenvalue weighted by molar-refractivity contribution is 0.823. The maximum atomic E-state index is 5.47. The molecule has 5 nitrogen and oxygen atoms in total. The van der Waals surface area contributed by atoms with Gasteiger partial charge >= 0.3 is 0 Å². The van der Waals surface area contributed by atoms with Gasteiger partial charge < -0.3 is 5.73 Å². The monoisotopic (exact) mass is 189 g/mol. The smallest absolute Gasteiger partial charge is 0.220 e. The van der Waals surface area contributed by atoms with Crippen molar-refractivity contribution in [2.75, 3.05) is 5.73 Å². The van der Waals surface area contributed by atoms with Crippen molar-refractivity contribution in [3.63, 3.8) is 0 Å². The van der Waals surface area contributed by atoms with E-state index in [0.717, 1.165) is 17.1 Å². The maximum absolute atomic E-state index is 5.47. The Bertz CT molecular complexity index is 460. The largest absolute Gasteiger partial charge is 0.368 e. The van der Waals surface area contributed by atoms with Crippen LogP contribution in [-0.4, -0.2) is 19.7 Å². The van der Waals surface area contributed by atoms with Crippen LogP contribution in [0, 0.1) is 13.8 Å². The van der Waals surface area contributed by atoms with Gasteiger partial charge in [-0.1, -0.05) is 0 Å². The third kappa shape index (κ3) is 1.32. The van der Waals surface area contributed by atoms with Gasteiger partial charge in [0.25, 0.3) is 0 Å². The van der Waals surface area contributed by atoms with E-state index in [1.807, 2.05) is 19.9 Å². The van der Waals surface area contributed by atoms with Crippen molar-refractivity contribution in [2.24, 2.45) is 0 Å². The van der Waals surface area contributed by atoms with E-state index in [0.29, 0.717) is 0 Å². The van der Waals surface area contributed by atoms with E-state index in [9.17, 15) is 0 Å². The van der Waals surface area contributed by atoms with Crippen molar-refractivity contribution in [1.29, 1.82) is 0 Å². The van der Waals surface area contributed by atoms with Crippen LogP contribution in [0.2, 0.25) is 0 Å². The molecule has 0 amide bonds. The summed E-state index contributed by atoms with van der Waals surface area (Å²) in [6.07, 6.45) is 3.42. The summed E-state index contributed by atoms with van der Waals surface area (Å²) in [4.78, 5) is 8.02. The summed E-state index contributed by atoms with van der Waals surface area (Å²) in [5, 5.41) is 4.17. The first-order valence-electron chi connectivity index (χ1n) is 4.28. The number of rotatable bonds is 1. The molecule has 0 aromatic carbocycles. The first kappa shape index (κ1) is 8.68. The molecule has 72 valence electrons. The van der Waals surface area contributed by atoms with E-state index >= 15 is 0 Å². The lowest BCUT2D eigenvalue weighted by Crippen LogP contribution is -2.05. The van der Waals surface area contributed by atoms with Gasteiger partial charge in [-0.05, 0) is 19.9 Å². The van der Waals surface area contributed by atoms with Gasteiger partial charge in [-0.2, -0.15) is 5.10 Å². The zero-order valence-corrected chi connectivity index (χ0v) is 8.10. The fraction of sp³-hybridized carbons (Fsp3) is 0.222. The topological polar surface area (TPSA) is 69.6 Å². The molecule has 0 saturated heterocycles. The molecule has 0 atom stereocenters. The van der Waals surface area contributed by atoms with Gasteiger partial charge in [0, 0.05) is 11.9 Å². The Morgan fingerprint density at radius 2 is 2.14 bits per heavy atom. The van der Waals surface area contributed by atoms with Crippen LogP contribution in [0.4, 0.5) is 5.95 Å². The minimum atomic E-state index is 0.288. The van der Waals surface area contributed by atoms with Crippen LogP contribution in [0.25, 0.3) is 5.69 Å². The molecule has 2 aromatic rings. The van der Waals surface area contributed by atoms with Crippen LogP contribution in [0.5, 0.6) is 0 Å². The number of aryl methyl sites for hydroxylation is 2. The number of hydrogen-bond acceptors (Lipinski definition) is 4. The number of nitrogens with two attached hydrogens (primary N) is 1. The highest BCUT2D eigenvalue weighted by atomic mass is 15.3. The van der Waals surface area contributed by atoms with E-state index < -0.39 is 0 Å². The fourth-order valence-corrected chi connectivity index (χ4v) is 1.31. The van der Waals surface area contributed by atoms with Gasteiger partial charge in [0.2, 0.25) is 5.95 Å². The summed E-state index contributed by atoms with van der Waals surface area (Å²) in [5.74, 6) is 0.288. The summed E-state index contributed by atoms with van der Waals surface area (Å²) in [5.41, 5.74) is 8.20. The maximum Gasteiger partial charge on any atom is 0.220 e. The lowest BCUT2D eigenvalue weighted by atomic mass is 10.3. The quantitative estimate of drug-likeness (QED) is 0.722. The Morgan fingerprint density at radius 3 is 2.71 bits per heavy atom. The van der Waals surface area contributed by atoms with E-state index in [-0.39, 0.29) is 5.95 Å². The van der Waals surface area contributed by atoms with E-state index in [2.05, 4.69) is 15.1 Å². The molecule has 0 bridgehead atoms. The summed E-state index contributed by atoms with van der Waals surface area (Å²) in [7, 11) is 0. The molecule has 0 fully saturated rings. The molecule has 5 heteroatoms. The van der Waals surface area contributed by atoms with E-state index in [4.69, 9.17) is 5.73 Å². The standard InChI is InChI=1S/C9H11N5/c1-6-3-4-12-14(6)8-5-11-9(10)13-7(8)2/h3-5H,1-2H3,(H2,10,11,13). The van der Waals surface area contributed by atoms with Crippen molar-refractivity contribution in [2.45, 2.75) is 13.8 Å². The molecule has 0 spiro atoms. The van der Waals surface area contributed by atoms with Crippen LogP contribution in [0.15, 0.2) is 18.5 Å². The SMILES string of the molecule is Cc1nc(N)ncc1-n1nccc1C. The van der Waals surface area contributed by atoms with E-state index in [1.165, 1.54) is 0 Å². The second-order valence-electron chi connectivity index (χ2n) is 3.08. The lowest BCUT2D eigenvalue weighted by Gasteiger charge is -2.06. The predicted molar refractivity (Wildman–Crippen MR) is 53.0 cm³/mol. The van der Waals surface area contributed by atoms with Crippen molar-refractivity contribution in [3.05, 3.63) is 29.8 Å².